The van der Waals surface area contributed by atoms with Crippen LogP contribution in [0.2, 0.25) is 5.02 Å². The number of hydrogen-bond donors (Lipinski definition) is 1. The molecule has 2 aromatic heterocycles. The smallest absolute Gasteiger partial charge is 0.0983 e. The molecule has 1 aromatic carbocycles. The molecule has 148 valence electrons. The van der Waals surface area contributed by atoms with Gasteiger partial charge in [0.2, 0.25) is 0 Å². The second-order valence-electron chi connectivity index (χ2n) is 6.81. The summed E-state index contributed by atoms with van der Waals surface area (Å²) < 4.78 is 1.86. The minimum absolute atomic E-state index is 0.224. The highest BCUT2D eigenvalue weighted by molar-refractivity contribution is 6.31. The fourth-order valence-corrected chi connectivity index (χ4v) is 3.86. The number of likely N-dealkylation sites (N-methyl/N-ethyl adjacent to an activating group) is 1. The molecule has 2 heterocycles. The average molecular weight is 398 g/mol. The van der Waals surface area contributed by atoms with Crippen molar-refractivity contribution in [2.45, 2.75) is 26.4 Å². The van der Waals surface area contributed by atoms with Crippen LogP contribution >= 0.6 is 11.6 Å². The van der Waals surface area contributed by atoms with E-state index in [-0.39, 0.29) is 6.04 Å². The fourth-order valence-electron chi connectivity index (χ4n) is 3.60. The predicted molar refractivity (Wildman–Crippen MR) is 115 cm³/mol. The van der Waals surface area contributed by atoms with Gasteiger partial charge in [-0.15, -0.1) is 0 Å². The number of halogens is 1. The standard InChI is InChI=1S/C22H28ClN5/c1-4-28(5-2)21(19-10-6-7-11-20(19)23)15-25-14-18-16-27(3)26-22(18)17-9-8-12-24-13-17/h6-13,16,21,25H,4-5,14-15H2,1-3H3. The average Bonchev–Trinajstić information content (AvgIpc) is 3.09. The Labute approximate surface area is 172 Å². The van der Waals surface area contributed by atoms with Crippen molar-refractivity contribution in [1.82, 2.24) is 25.0 Å². The Morgan fingerprint density at radius 3 is 2.61 bits per heavy atom. The molecule has 0 aliphatic heterocycles. The molecule has 0 aliphatic rings. The Balaban J connectivity index is 1.76. The number of rotatable bonds is 9. The van der Waals surface area contributed by atoms with Gasteiger partial charge in [-0.05, 0) is 36.9 Å². The zero-order valence-corrected chi connectivity index (χ0v) is 17.5. The van der Waals surface area contributed by atoms with Crippen molar-refractivity contribution in [3.63, 3.8) is 0 Å². The second-order valence-corrected chi connectivity index (χ2v) is 7.21. The van der Waals surface area contributed by atoms with Crippen LogP contribution in [0.4, 0.5) is 0 Å². The van der Waals surface area contributed by atoms with Crippen LogP contribution in [0.3, 0.4) is 0 Å². The van der Waals surface area contributed by atoms with Crippen molar-refractivity contribution in [3.05, 3.63) is 71.1 Å². The lowest BCUT2D eigenvalue weighted by atomic mass is 10.0. The lowest BCUT2D eigenvalue weighted by molar-refractivity contribution is 0.213. The molecule has 1 N–H and O–H groups in total. The van der Waals surface area contributed by atoms with E-state index in [9.17, 15) is 0 Å². The normalized spacial score (nSPS) is 12.5. The predicted octanol–water partition coefficient (Wildman–Crippen LogP) is 4.31. The van der Waals surface area contributed by atoms with Crippen LogP contribution in [0.25, 0.3) is 11.3 Å². The van der Waals surface area contributed by atoms with Gasteiger partial charge in [-0.1, -0.05) is 43.6 Å². The van der Waals surface area contributed by atoms with Crippen molar-refractivity contribution in [3.8, 4) is 11.3 Å². The Kier molecular flexibility index (Phi) is 7.20. The van der Waals surface area contributed by atoms with Crippen LogP contribution in [0.1, 0.15) is 31.0 Å². The van der Waals surface area contributed by atoms with Gasteiger partial charge in [-0.2, -0.15) is 5.10 Å². The summed E-state index contributed by atoms with van der Waals surface area (Å²) in [5.74, 6) is 0. The molecule has 0 bridgehead atoms. The molecule has 0 saturated carbocycles. The Morgan fingerprint density at radius 1 is 1.14 bits per heavy atom. The molecule has 0 fully saturated rings. The first-order chi connectivity index (χ1) is 13.6. The molecule has 6 heteroatoms. The first-order valence-electron chi connectivity index (χ1n) is 9.76. The van der Waals surface area contributed by atoms with Crippen molar-refractivity contribution in [1.29, 1.82) is 0 Å². The topological polar surface area (TPSA) is 46.0 Å². The lowest BCUT2D eigenvalue weighted by Crippen LogP contribution is -2.35. The van der Waals surface area contributed by atoms with Gasteiger partial charge >= 0.3 is 0 Å². The molecule has 1 unspecified atom stereocenters. The maximum Gasteiger partial charge on any atom is 0.0983 e. The van der Waals surface area contributed by atoms with Crippen LogP contribution in [0.15, 0.2) is 55.0 Å². The van der Waals surface area contributed by atoms with Gasteiger partial charge in [0.05, 0.1) is 5.69 Å². The van der Waals surface area contributed by atoms with E-state index < -0.39 is 0 Å². The van der Waals surface area contributed by atoms with Gasteiger partial charge in [-0.3, -0.25) is 14.6 Å². The van der Waals surface area contributed by atoms with E-state index in [1.165, 1.54) is 5.56 Å². The number of aryl methyl sites for hydroxylation is 1. The Bertz CT molecular complexity index is 874. The summed E-state index contributed by atoms with van der Waals surface area (Å²) in [7, 11) is 1.95. The molecule has 0 spiro atoms. The molecule has 5 nitrogen and oxygen atoms in total. The monoisotopic (exact) mass is 397 g/mol. The summed E-state index contributed by atoms with van der Waals surface area (Å²) >= 11 is 6.51. The van der Waals surface area contributed by atoms with Crippen molar-refractivity contribution in [2.75, 3.05) is 19.6 Å². The molecule has 28 heavy (non-hydrogen) atoms. The molecule has 0 amide bonds. The number of hydrogen-bond acceptors (Lipinski definition) is 4. The summed E-state index contributed by atoms with van der Waals surface area (Å²) in [6.07, 6.45) is 5.70. The largest absolute Gasteiger partial charge is 0.311 e. The van der Waals surface area contributed by atoms with Gasteiger partial charge in [0.25, 0.3) is 0 Å². The van der Waals surface area contributed by atoms with Crippen molar-refractivity contribution < 1.29 is 0 Å². The summed E-state index contributed by atoms with van der Waals surface area (Å²) in [5.41, 5.74) is 4.33. The molecular weight excluding hydrogens is 370 g/mol. The van der Waals surface area contributed by atoms with E-state index in [2.05, 4.69) is 52.5 Å². The quantitative estimate of drug-likeness (QED) is 0.584. The molecule has 3 aromatic rings. The van der Waals surface area contributed by atoms with Gasteiger partial charge in [0, 0.05) is 60.9 Å². The van der Waals surface area contributed by atoms with Gasteiger partial charge in [0.1, 0.15) is 0 Å². The highest BCUT2D eigenvalue weighted by Crippen LogP contribution is 2.27. The van der Waals surface area contributed by atoms with Gasteiger partial charge < -0.3 is 5.32 Å². The lowest BCUT2D eigenvalue weighted by Gasteiger charge is -2.31. The first kappa shape index (κ1) is 20.5. The third-order valence-corrected chi connectivity index (χ3v) is 5.35. The highest BCUT2D eigenvalue weighted by atomic mass is 35.5. The molecule has 1 atom stereocenters. The first-order valence-corrected chi connectivity index (χ1v) is 10.1. The molecular formula is C22H28ClN5. The van der Waals surface area contributed by atoms with Crippen LogP contribution in [0, 0.1) is 0 Å². The number of aromatic nitrogens is 3. The molecule has 3 rings (SSSR count). The summed E-state index contributed by atoms with van der Waals surface area (Å²) in [4.78, 5) is 6.65. The zero-order valence-electron chi connectivity index (χ0n) is 16.8. The van der Waals surface area contributed by atoms with Crippen molar-refractivity contribution >= 4 is 11.6 Å². The van der Waals surface area contributed by atoms with E-state index in [4.69, 9.17) is 11.6 Å². The number of nitrogens with one attached hydrogen (secondary N) is 1. The number of pyridine rings is 1. The summed E-state index contributed by atoms with van der Waals surface area (Å²) in [6, 6.07) is 12.3. The molecule has 0 saturated heterocycles. The minimum atomic E-state index is 0.224. The maximum atomic E-state index is 6.51. The van der Waals surface area contributed by atoms with Crippen LogP contribution in [0.5, 0.6) is 0 Å². The van der Waals surface area contributed by atoms with Crippen LogP contribution in [-0.4, -0.2) is 39.3 Å². The Morgan fingerprint density at radius 2 is 1.93 bits per heavy atom. The SMILES string of the molecule is CCN(CC)C(CNCc1cn(C)nc1-c1cccnc1)c1ccccc1Cl. The molecule has 0 radical (unpaired) electrons. The van der Waals surface area contributed by atoms with Crippen molar-refractivity contribution in [2.24, 2.45) is 7.05 Å². The molecule has 0 aliphatic carbocycles. The zero-order chi connectivity index (χ0) is 19.9. The number of nitrogens with zero attached hydrogens (tertiary/aromatic N) is 4. The number of benzene rings is 1. The van der Waals surface area contributed by atoms with Crippen LogP contribution < -0.4 is 5.32 Å². The second kappa shape index (κ2) is 9.82. The van der Waals surface area contributed by atoms with E-state index in [1.807, 2.05) is 42.2 Å². The maximum absolute atomic E-state index is 6.51. The van der Waals surface area contributed by atoms with E-state index in [0.717, 1.165) is 48.0 Å². The third-order valence-electron chi connectivity index (χ3n) is 5.01. The van der Waals surface area contributed by atoms with E-state index >= 15 is 0 Å². The minimum Gasteiger partial charge on any atom is -0.311 e. The Hall–Kier alpha value is -2.21. The van der Waals surface area contributed by atoms with Gasteiger partial charge in [-0.25, -0.2) is 0 Å². The van der Waals surface area contributed by atoms with Gasteiger partial charge in [0.15, 0.2) is 0 Å². The summed E-state index contributed by atoms with van der Waals surface area (Å²) in [5, 5.41) is 9.07. The van der Waals surface area contributed by atoms with E-state index in [1.54, 1.807) is 6.20 Å². The van der Waals surface area contributed by atoms with E-state index in [0.29, 0.717) is 0 Å². The fraction of sp³-hybridized carbons (Fsp3) is 0.364. The third kappa shape index (κ3) is 4.79. The summed E-state index contributed by atoms with van der Waals surface area (Å²) in [6.45, 7) is 7.88. The van der Waals surface area contributed by atoms with Crippen LogP contribution in [-0.2, 0) is 13.6 Å². The highest BCUT2D eigenvalue weighted by Gasteiger charge is 2.20.